The van der Waals surface area contributed by atoms with Gasteiger partial charge < -0.3 is 15.5 Å². The molecule has 106 valence electrons. The molecule has 0 saturated heterocycles. The van der Waals surface area contributed by atoms with Crippen molar-refractivity contribution < 1.29 is 0 Å². The maximum Gasteiger partial charge on any atom is 0.127 e. The molecular weight excluding hydrogens is 248 g/mol. The van der Waals surface area contributed by atoms with Crippen molar-refractivity contribution in [1.29, 1.82) is 0 Å². The lowest BCUT2D eigenvalue weighted by Gasteiger charge is -2.13. The van der Waals surface area contributed by atoms with E-state index >= 15 is 0 Å². The van der Waals surface area contributed by atoms with Crippen LogP contribution in [0.3, 0.4) is 0 Å². The maximum atomic E-state index is 4.30. The van der Waals surface area contributed by atoms with Crippen LogP contribution < -0.4 is 15.5 Å². The Morgan fingerprint density at radius 2 is 1.80 bits per heavy atom. The Bertz CT molecular complexity index is 534. The van der Waals surface area contributed by atoms with Crippen molar-refractivity contribution >= 4 is 22.9 Å². The molecule has 0 spiro atoms. The highest BCUT2D eigenvalue weighted by atomic mass is 15.1. The number of rotatable bonds is 6. The normalized spacial score (nSPS) is 10.2. The third kappa shape index (κ3) is 3.88. The molecule has 0 amide bonds. The fourth-order valence-corrected chi connectivity index (χ4v) is 1.87. The first-order valence-electron chi connectivity index (χ1n) is 6.93. The molecule has 0 bridgehead atoms. The molecule has 0 aliphatic carbocycles. The molecule has 4 heteroatoms. The quantitative estimate of drug-likeness (QED) is 0.839. The summed E-state index contributed by atoms with van der Waals surface area (Å²) >= 11 is 0. The number of hydrogen-bond donors (Lipinski definition) is 2. The molecule has 20 heavy (non-hydrogen) atoms. The molecule has 0 unspecified atom stereocenters. The van der Waals surface area contributed by atoms with Gasteiger partial charge in [0.15, 0.2) is 0 Å². The summed E-state index contributed by atoms with van der Waals surface area (Å²) in [6.45, 7) is 3.08. The largest absolute Gasteiger partial charge is 0.378 e. The van der Waals surface area contributed by atoms with E-state index in [4.69, 9.17) is 0 Å². The number of benzene rings is 1. The van der Waals surface area contributed by atoms with Crippen LogP contribution in [0.25, 0.3) is 0 Å². The first-order chi connectivity index (χ1) is 9.69. The van der Waals surface area contributed by atoms with E-state index < -0.39 is 0 Å². The Labute approximate surface area is 120 Å². The number of nitrogens with zero attached hydrogens (tertiary/aromatic N) is 2. The van der Waals surface area contributed by atoms with E-state index in [2.05, 4.69) is 51.7 Å². The van der Waals surface area contributed by atoms with Crippen LogP contribution in [0.5, 0.6) is 0 Å². The zero-order valence-corrected chi connectivity index (χ0v) is 12.4. The second kappa shape index (κ2) is 6.80. The van der Waals surface area contributed by atoms with Crippen LogP contribution in [-0.2, 0) is 0 Å². The molecule has 0 atom stereocenters. The molecule has 2 N–H and O–H groups in total. The monoisotopic (exact) mass is 270 g/mol. The summed E-state index contributed by atoms with van der Waals surface area (Å²) in [5.74, 6) is 0.904. The molecule has 2 rings (SSSR count). The summed E-state index contributed by atoms with van der Waals surface area (Å²) < 4.78 is 0. The molecular formula is C16H22N4. The minimum absolute atomic E-state index is 0.904. The topological polar surface area (TPSA) is 40.2 Å². The van der Waals surface area contributed by atoms with Crippen LogP contribution in [-0.4, -0.2) is 25.6 Å². The van der Waals surface area contributed by atoms with Crippen molar-refractivity contribution in [3.8, 4) is 0 Å². The lowest BCUT2D eigenvalue weighted by atomic mass is 10.2. The smallest absolute Gasteiger partial charge is 0.127 e. The Hall–Kier alpha value is -2.23. The molecule has 1 heterocycles. The summed E-state index contributed by atoms with van der Waals surface area (Å²) in [6, 6.07) is 12.3. The van der Waals surface area contributed by atoms with Gasteiger partial charge in [-0.15, -0.1) is 0 Å². The molecule has 2 aromatic rings. The Kier molecular flexibility index (Phi) is 4.82. The van der Waals surface area contributed by atoms with E-state index in [0.717, 1.165) is 30.2 Å². The number of aromatic nitrogens is 1. The predicted octanol–water partition coefficient (Wildman–Crippen LogP) is 3.71. The van der Waals surface area contributed by atoms with Gasteiger partial charge >= 0.3 is 0 Å². The standard InChI is InChI=1S/C16H22N4/c1-4-10-17-16-12-14(9-11-18-16)19-13-5-7-15(8-6-13)20(2)3/h5-9,11-12H,4,10H2,1-3H3,(H2,17,18,19). The Morgan fingerprint density at radius 1 is 1.05 bits per heavy atom. The van der Waals surface area contributed by atoms with E-state index in [-0.39, 0.29) is 0 Å². The van der Waals surface area contributed by atoms with Gasteiger partial charge in [0.05, 0.1) is 0 Å². The second-order valence-corrected chi connectivity index (χ2v) is 4.92. The average Bonchev–Trinajstić information content (AvgIpc) is 2.46. The van der Waals surface area contributed by atoms with Gasteiger partial charge in [-0.1, -0.05) is 6.92 Å². The van der Waals surface area contributed by atoms with Crippen LogP contribution in [0.15, 0.2) is 42.6 Å². The van der Waals surface area contributed by atoms with Gasteiger partial charge in [0.1, 0.15) is 5.82 Å². The molecule has 0 aliphatic heterocycles. The highest BCUT2D eigenvalue weighted by Gasteiger charge is 1.99. The zero-order chi connectivity index (χ0) is 14.4. The molecule has 0 radical (unpaired) electrons. The van der Waals surface area contributed by atoms with E-state index in [9.17, 15) is 0 Å². The van der Waals surface area contributed by atoms with Crippen molar-refractivity contribution in [3.63, 3.8) is 0 Å². The number of nitrogens with one attached hydrogen (secondary N) is 2. The third-order valence-electron chi connectivity index (χ3n) is 2.99. The summed E-state index contributed by atoms with van der Waals surface area (Å²) in [5.41, 5.74) is 3.30. The van der Waals surface area contributed by atoms with Gasteiger partial charge in [0, 0.05) is 50.0 Å². The van der Waals surface area contributed by atoms with E-state index in [1.54, 1.807) is 0 Å². The molecule has 0 aliphatic rings. The van der Waals surface area contributed by atoms with Crippen LogP contribution in [0, 0.1) is 0 Å². The summed E-state index contributed by atoms with van der Waals surface area (Å²) in [7, 11) is 4.08. The Morgan fingerprint density at radius 3 is 2.45 bits per heavy atom. The Balaban J connectivity index is 2.05. The number of pyridine rings is 1. The third-order valence-corrected chi connectivity index (χ3v) is 2.99. The number of hydrogen-bond acceptors (Lipinski definition) is 4. The highest BCUT2D eigenvalue weighted by molar-refractivity contribution is 5.64. The van der Waals surface area contributed by atoms with Crippen molar-refractivity contribution in [1.82, 2.24) is 4.98 Å². The molecule has 0 saturated carbocycles. The van der Waals surface area contributed by atoms with Gasteiger partial charge in [-0.05, 0) is 36.8 Å². The zero-order valence-electron chi connectivity index (χ0n) is 12.4. The van der Waals surface area contributed by atoms with Gasteiger partial charge in [-0.3, -0.25) is 0 Å². The first-order valence-corrected chi connectivity index (χ1v) is 6.93. The SMILES string of the molecule is CCCNc1cc(Nc2ccc(N(C)C)cc2)ccn1. The fraction of sp³-hybridized carbons (Fsp3) is 0.312. The van der Waals surface area contributed by atoms with E-state index in [1.165, 1.54) is 5.69 Å². The van der Waals surface area contributed by atoms with Crippen molar-refractivity contribution in [2.45, 2.75) is 13.3 Å². The number of anilines is 4. The lowest BCUT2D eigenvalue weighted by molar-refractivity contribution is 0.969. The van der Waals surface area contributed by atoms with Crippen LogP contribution in [0.2, 0.25) is 0 Å². The fourth-order valence-electron chi connectivity index (χ4n) is 1.87. The maximum absolute atomic E-state index is 4.30. The molecule has 1 aromatic heterocycles. The van der Waals surface area contributed by atoms with Crippen molar-refractivity contribution in [2.75, 3.05) is 36.2 Å². The minimum atomic E-state index is 0.904. The van der Waals surface area contributed by atoms with E-state index in [1.807, 2.05) is 32.4 Å². The van der Waals surface area contributed by atoms with Crippen molar-refractivity contribution in [2.24, 2.45) is 0 Å². The average molecular weight is 270 g/mol. The van der Waals surface area contributed by atoms with Crippen LogP contribution in [0.1, 0.15) is 13.3 Å². The van der Waals surface area contributed by atoms with Gasteiger partial charge in [0.25, 0.3) is 0 Å². The van der Waals surface area contributed by atoms with Gasteiger partial charge in [0.2, 0.25) is 0 Å². The summed E-state index contributed by atoms with van der Waals surface area (Å²) in [4.78, 5) is 6.38. The minimum Gasteiger partial charge on any atom is -0.378 e. The molecule has 4 nitrogen and oxygen atoms in total. The van der Waals surface area contributed by atoms with Crippen LogP contribution >= 0.6 is 0 Å². The highest BCUT2D eigenvalue weighted by Crippen LogP contribution is 2.21. The summed E-state index contributed by atoms with van der Waals surface area (Å²) in [6.07, 6.45) is 2.90. The first kappa shape index (κ1) is 14.2. The van der Waals surface area contributed by atoms with Crippen LogP contribution in [0.4, 0.5) is 22.9 Å². The van der Waals surface area contributed by atoms with E-state index in [0.29, 0.717) is 0 Å². The molecule has 1 aromatic carbocycles. The van der Waals surface area contributed by atoms with Gasteiger partial charge in [-0.25, -0.2) is 4.98 Å². The summed E-state index contributed by atoms with van der Waals surface area (Å²) in [5, 5.41) is 6.68. The molecule has 0 fully saturated rings. The predicted molar refractivity (Wildman–Crippen MR) is 87.1 cm³/mol. The second-order valence-electron chi connectivity index (χ2n) is 4.92. The van der Waals surface area contributed by atoms with Crippen molar-refractivity contribution in [3.05, 3.63) is 42.6 Å². The van der Waals surface area contributed by atoms with Gasteiger partial charge in [-0.2, -0.15) is 0 Å². The lowest BCUT2D eigenvalue weighted by Crippen LogP contribution is -2.08.